The van der Waals surface area contributed by atoms with E-state index in [0.29, 0.717) is 17.2 Å². The van der Waals surface area contributed by atoms with E-state index in [1.807, 2.05) is 121 Å². The molecule has 30 heavy (non-hydrogen) atoms. The van der Waals surface area contributed by atoms with Crippen LogP contribution < -0.4 is 13.6 Å². The van der Waals surface area contributed by atoms with E-state index in [2.05, 4.69) is 0 Å². The van der Waals surface area contributed by atoms with Gasteiger partial charge in [-0.25, -0.2) is 0 Å². The summed E-state index contributed by atoms with van der Waals surface area (Å²) < 4.78 is 19.4. The second-order valence-electron chi connectivity index (χ2n) is 6.79. The van der Waals surface area contributed by atoms with Crippen molar-refractivity contribution in [3.05, 3.63) is 127 Å². The molecule has 0 N–H and O–H groups in total. The Hall–Kier alpha value is -3.00. The van der Waals surface area contributed by atoms with Gasteiger partial charge in [0.2, 0.25) is 0 Å². The summed E-state index contributed by atoms with van der Waals surface area (Å²) in [6, 6.07) is 38.0. The Balaban J connectivity index is 1.83. The van der Waals surface area contributed by atoms with Gasteiger partial charge in [0.15, 0.2) is 0 Å². The third-order valence-corrected chi connectivity index (χ3v) is 7.87. The Morgan fingerprint density at radius 3 is 1.10 bits per heavy atom. The molecule has 0 saturated heterocycles. The number of halogens is 1. The van der Waals surface area contributed by atoms with E-state index in [1.165, 1.54) is 0 Å². The van der Waals surface area contributed by atoms with Gasteiger partial charge in [0.05, 0.1) is 0 Å². The van der Waals surface area contributed by atoms with Gasteiger partial charge in [-0.3, -0.25) is 0 Å². The molecule has 0 heterocycles. The molecular weight excluding hydrogens is 415 g/mol. The van der Waals surface area contributed by atoms with E-state index in [4.69, 9.17) is 24.8 Å². The molecule has 3 nitrogen and oxygen atoms in total. The number of hydrogen-bond donors (Lipinski definition) is 0. The predicted octanol–water partition coefficient (Wildman–Crippen LogP) is 7.88. The van der Waals surface area contributed by atoms with Crippen molar-refractivity contribution < 1.29 is 13.6 Å². The van der Waals surface area contributed by atoms with Crippen molar-refractivity contribution in [1.82, 2.24) is 0 Å². The zero-order valence-electron chi connectivity index (χ0n) is 16.3. The molecule has 0 unspecified atom stereocenters. The minimum absolute atomic E-state index is 0.257. The molecular formula is C25H22ClO3P. The van der Waals surface area contributed by atoms with E-state index in [-0.39, 0.29) is 6.16 Å². The van der Waals surface area contributed by atoms with Gasteiger partial charge in [-0.2, -0.15) is 0 Å². The van der Waals surface area contributed by atoms with Crippen LogP contribution in [0.4, 0.5) is 0 Å². The fourth-order valence-corrected chi connectivity index (χ4v) is 6.87. The van der Waals surface area contributed by atoms with Crippen molar-refractivity contribution in [1.29, 1.82) is 0 Å². The first-order valence-corrected chi connectivity index (χ1v) is 12.7. The molecule has 152 valence electrons. The van der Waals surface area contributed by atoms with E-state index >= 15 is 0 Å². The Morgan fingerprint density at radius 2 is 0.767 bits per heavy atom. The summed E-state index contributed by atoms with van der Waals surface area (Å²) in [5.41, 5.74) is 0.952. The van der Waals surface area contributed by atoms with Crippen molar-refractivity contribution in [2.75, 3.05) is 0 Å². The molecule has 0 bridgehead atoms. The first-order chi connectivity index (χ1) is 14.6. The minimum atomic E-state index is -4.29. The molecule has 5 heteroatoms. The van der Waals surface area contributed by atoms with Crippen LogP contribution in [0.5, 0.6) is 17.2 Å². The fraction of sp³-hybridized carbons (Fsp3) is 0.0400. The van der Waals surface area contributed by atoms with E-state index in [9.17, 15) is 0 Å². The Kier molecular flexibility index (Phi) is 5.94. The second kappa shape index (κ2) is 8.79. The summed E-state index contributed by atoms with van der Waals surface area (Å²) in [5.74, 6) is 1.73. The normalized spacial score (nSPS) is 12.4. The van der Waals surface area contributed by atoms with Crippen LogP contribution in [0.15, 0.2) is 121 Å². The Morgan fingerprint density at radius 1 is 0.467 bits per heavy atom. The topological polar surface area (TPSA) is 27.7 Å². The van der Waals surface area contributed by atoms with Crippen LogP contribution in [0.25, 0.3) is 0 Å². The van der Waals surface area contributed by atoms with Gasteiger partial charge in [-0.1, -0.05) is 0 Å². The average Bonchev–Trinajstić information content (AvgIpc) is 2.76. The molecule has 4 aromatic carbocycles. The predicted molar refractivity (Wildman–Crippen MR) is 124 cm³/mol. The third-order valence-electron chi connectivity index (χ3n) is 4.35. The molecule has 4 aromatic rings. The number of rotatable bonds is 8. The molecule has 0 atom stereocenters. The fourth-order valence-electron chi connectivity index (χ4n) is 3.07. The molecule has 0 fully saturated rings. The summed E-state index contributed by atoms with van der Waals surface area (Å²) in [5, 5.41) is 0. The maximum absolute atomic E-state index is 7.40. The standard InChI is InChI=1S/C25H22ClO3P/c26-30(21-22-13-5-1-6-14-22,27-23-15-7-2-8-16-23,28-24-17-9-3-10-18-24)29-25-19-11-4-12-20-25/h1-20H,21H2. The average molecular weight is 437 g/mol. The maximum atomic E-state index is 7.40. The van der Waals surface area contributed by atoms with E-state index < -0.39 is 6.64 Å². The summed E-state index contributed by atoms with van der Waals surface area (Å²) in [6.45, 7) is -4.29. The van der Waals surface area contributed by atoms with Gasteiger partial charge in [0.25, 0.3) is 0 Å². The van der Waals surface area contributed by atoms with Gasteiger partial charge in [0.1, 0.15) is 0 Å². The van der Waals surface area contributed by atoms with Crippen LogP contribution in [-0.4, -0.2) is 0 Å². The molecule has 0 saturated carbocycles. The van der Waals surface area contributed by atoms with Crippen LogP contribution in [0.2, 0.25) is 0 Å². The van der Waals surface area contributed by atoms with Crippen LogP contribution in [0.3, 0.4) is 0 Å². The molecule has 0 aliphatic heterocycles. The van der Waals surface area contributed by atoms with Gasteiger partial charge >= 0.3 is 182 Å². The quantitative estimate of drug-likeness (QED) is 0.263. The molecule has 0 aromatic heterocycles. The summed E-state index contributed by atoms with van der Waals surface area (Å²) in [6.07, 6.45) is 0.257. The first kappa shape index (κ1) is 20.3. The third kappa shape index (κ3) is 5.13. The van der Waals surface area contributed by atoms with Crippen LogP contribution >= 0.6 is 17.9 Å². The number of benzene rings is 4. The Bertz CT molecular complexity index is 883. The Labute approximate surface area is 181 Å². The molecule has 0 aliphatic carbocycles. The molecule has 0 radical (unpaired) electrons. The van der Waals surface area contributed by atoms with Crippen molar-refractivity contribution in [2.45, 2.75) is 6.16 Å². The number of hydrogen-bond acceptors (Lipinski definition) is 3. The second-order valence-corrected chi connectivity index (χ2v) is 11.5. The van der Waals surface area contributed by atoms with Crippen LogP contribution in [0.1, 0.15) is 5.56 Å². The van der Waals surface area contributed by atoms with E-state index in [0.717, 1.165) is 5.56 Å². The van der Waals surface area contributed by atoms with E-state index in [1.54, 1.807) is 0 Å². The zero-order chi connectivity index (χ0) is 20.7. The molecule has 0 amide bonds. The van der Waals surface area contributed by atoms with Crippen LogP contribution in [0, 0.1) is 0 Å². The van der Waals surface area contributed by atoms with Gasteiger partial charge < -0.3 is 0 Å². The monoisotopic (exact) mass is 436 g/mol. The summed E-state index contributed by atoms with van der Waals surface area (Å²) in [4.78, 5) is 0. The molecule has 4 rings (SSSR count). The van der Waals surface area contributed by atoms with Crippen molar-refractivity contribution in [2.24, 2.45) is 0 Å². The summed E-state index contributed by atoms with van der Waals surface area (Å²) in [7, 11) is 0. The molecule has 0 spiro atoms. The van der Waals surface area contributed by atoms with Gasteiger partial charge in [-0.05, 0) is 0 Å². The summed E-state index contributed by atoms with van der Waals surface area (Å²) >= 11 is 7.40. The van der Waals surface area contributed by atoms with Crippen molar-refractivity contribution >= 4 is 17.9 Å². The zero-order valence-corrected chi connectivity index (χ0v) is 18.0. The van der Waals surface area contributed by atoms with Crippen LogP contribution in [-0.2, 0) is 6.16 Å². The van der Waals surface area contributed by atoms with Crippen molar-refractivity contribution in [3.63, 3.8) is 0 Å². The SMILES string of the molecule is ClP(Cc1ccccc1)(Oc1ccccc1)(Oc1ccccc1)Oc1ccccc1. The first-order valence-electron chi connectivity index (χ1n) is 9.64. The van der Waals surface area contributed by atoms with Crippen molar-refractivity contribution in [3.8, 4) is 17.2 Å². The van der Waals surface area contributed by atoms with Gasteiger partial charge in [-0.15, -0.1) is 0 Å². The molecule has 0 aliphatic rings. The van der Waals surface area contributed by atoms with Gasteiger partial charge in [0, 0.05) is 0 Å². The number of para-hydroxylation sites is 3.